The highest BCUT2D eigenvalue weighted by molar-refractivity contribution is 6.04. The molecule has 0 bridgehead atoms. The van der Waals surface area contributed by atoms with Gasteiger partial charge in [0.05, 0.1) is 23.2 Å². The second-order valence-corrected chi connectivity index (χ2v) is 5.64. The molecule has 0 aliphatic heterocycles. The molecule has 0 amide bonds. The van der Waals surface area contributed by atoms with Crippen LogP contribution >= 0.6 is 0 Å². The molecule has 0 heterocycles. The normalized spacial score (nSPS) is 21.4. The number of carboxylic acid groups (broad SMARTS) is 2. The molecule has 1 unspecified atom stereocenters. The summed E-state index contributed by atoms with van der Waals surface area (Å²) in [6.07, 6.45) is 1.10. The summed E-state index contributed by atoms with van der Waals surface area (Å²) in [5.41, 5.74) is -1.58. The van der Waals surface area contributed by atoms with Crippen molar-refractivity contribution in [1.29, 1.82) is 0 Å². The summed E-state index contributed by atoms with van der Waals surface area (Å²) in [7, 11) is 0. The maximum atomic E-state index is 12.1. The van der Waals surface area contributed by atoms with E-state index in [4.69, 9.17) is 4.74 Å². The molecule has 1 aliphatic carbocycles. The van der Waals surface area contributed by atoms with Crippen LogP contribution in [-0.2, 0) is 19.1 Å². The number of rotatable bonds is 6. The summed E-state index contributed by atoms with van der Waals surface area (Å²) in [5, 5.41) is 21.7. The summed E-state index contributed by atoms with van der Waals surface area (Å²) >= 11 is 0. The molecule has 1 aliphatic rings. The van der Waals surface area contributed by atoms with Gasteiger partial charge in [-0.15, -0.1) is 0 Å². The van der Waals surface area contributed by atoms with Crippen molar-refractivity contribution in [2.75, 3.05) is 6.61 Å². The average Bonchev–Trinajstić information content (AvgIpc) is 2.37. The molecule has 122 valence electrons. The van der Waals surface area contributed by atoms with E-state index >= 15 is 0 Å². The maximum Gasteiger partial charge on any atom is 0.340 e. The molecule has 7 nitrogen and oxygen atoms in total. The van der Waals surface area contributed by atoms with Crippen molar-refractivity contribution in [3.63, 3.8) is 0 Å². The summed E-state index contributed by atoms with van der Waals surface area (Å²) in [6, 6.07) is -0.109. The van der Waals surface area contributed by atoms with Crippen LogP contribution in [0.1, 0.15) is 34.1 Å². The topological polar surface area (TPSA) is 113 Å². The van der Waals surface area contributed by atoms with Gasteiger partial charge in [-0.05, 0) is 40.2 Å². The minimum Gasteiger partial charge on any atom is -0.481 e. The Hall–Kier alpha value is -2.31. The SMILES string of the molecule is CCOC(=O)C1=C(C(=O)O)CC(C)(C(=O)O)C=C1NC(C)C. The van der Waals surface area contributed by atoms with Crippen LogP contribution in [0.2, 0.25) is 0 Å². The fourth-order valence-electron chi connectivity index (χ4n) is 2.24. The molecule has 0 saturated carbocycles. The van der Waals surface area contributed by atoms with E-state index in [2.05, 4.69) is 5.32 Å². The monoisotopic (exact) mass is 311 g/mol. The van der Waals surface area contributed by atoms with E-state index in [9.17, 15) is 24.6 Å². The Balaban J connectivity index is 3.48. The quantitative estimate of drug-likeness (QED) is 0.634. The molecular weight excluding hydrogens is 290 g/mol. The van der Waals surface area contributed by atoms with E-state index in [1.54, 1.807) is 20.8 Å². The second kappa shape index (κ2) is 6.64. The molecule has 22 heavy (non-hydrogen) atoms. The second-order valence-electron chi connectivity index (χ2n) is 5.64. The zero-order chi connectivity index (χ0) is 17.1. The number of ether oxygens (including phenoxy) is 1. The number of aliphatic carboxylic acids is 2. The predicted molar refractivity (Wildman–Crippen MR) is 78.0 cm³/mol. The molecule has 0 saturated heterocycles. The van der Waals surface area contributed by atoms with Crippen molar-refractivity contribution in [2.24, 2.45) is 5.41 Å². The Morgan fingerprint density at radius 2 is 1.95 bits per heavy atom. The van der Waals surface area contributed by atoms with Gasteiger partial charge in [0.15, 0.2) is 0 Å². The van der Waals surface area contributed by atoms with Crippen molar-refractivity contribution in [2.45, 2.75) is 40.2 Å². The Bertz CT molecular complexity index is 560. The van der Waals surface area contributed by atoms with E-state index in [0.29, 0.717) is 0 Å². The van der Waals surface area contributed by atoms with Crippen LogP contribution in [0.5, 0.6) is 0 Å². The first-order valence-electron chi connectivity index (χ1n) is 6.99. The van der Waals surface area contributed by atoms with Gasteiger partial charge >= 0.3 is 17.9 Å². The molecule has 0 aromatic heterocycles. The Morgan fingerprint density at radius 1 is 1.36 bits per heavy atom. The van der Waals surface area contributed by atoms with Crippen molar-refractivity contribution in [1.82, 2.24) is 5.32 Å². The minimum atomic E-state index is -1.40. The molecule has 0 aromatic rings. The largest absolute Gasteiger partial charge is 0.481 e. The van der Waals surface area contributed by atoms with Crippen LogP contribution in [0.3, 0.4) is 0 Å². The van der Waals surface area contributed by atoms with Crippen molar-refractivity contribution < 1.29 is 29.3 Å². The van der Waals surface area contributed by atoms with Crippen molar-refractivity contribution >= 4 is 17.9 Å². The van der Waals surface area contributed by atoms with Crippen LogP contribution < -0.4 is 5.32 Å². The van der Waals surface area contributed by atoms with Gasteiger partial charge in [0.1, 0.15) is 0 Å². The first-order chi connectivity index (χ1) is 10.1. The first kappa shape index (κ1) is 17.7. The van der Waals surface area contributed by atoms with Crippen LogP contribution in [0.15, 0.2) is 22.9 Å². The number of carbonyl (C=O) groups is 3. The molecule has 3 N–H and O–H groups in total. The third-order valence-electron chi connectivity index (χ3n) is 3.25. The Morgan fingerprint density at radius 3 is 2.36 bits per heavy atom. The van der Waals surface area contributed by atoms with Gasteiger partial charge in [0.25, 0.3) is 0 Å². The van der Waals surface area contributed by atoms with Gasteiger partial charge < -0.3 is 20.3 Å². The third kappa shape index (κ3) is 3.66. The third-order valence-corrected chi connectivity index (χ3v) is 3.25. The molecule has 0 radical (unpaired) electrons. The smallest absolute Gasteiger partial charge is 0.340 e. The lowest BCUT2D eigenvalue weighted by atomic mass is 9.76. The lowest BCUT2D eigenvalue weighted by Gasteiger charge is -2.30. The van der Waals surface area contributed by atoms with Gasteiger partial charge in [-0.1, -0.05) is 0 Å². The number of nitrogens with one attached hydrogen (secondary N) is 1. The fourth-order valence-corrected chi connectivity index (χ4v) is 2.24. The summed E-state index contributed by atoms with van der Waals surface area (Å²) in [6.45, 7) is 6.73. The fraction of sp³-hybridized carbons (Fsp3) is 0.533. The van der Waals surface area contributed by atoms with Crippen LogP contribution in [0, 0.1) is 5.41 Å². The standard InChI is InChI=1S/C15H21NO6/c1-5-22-13(19)11-9(12(17)18)6-15(4,14(20)21)7-10(11)16-8(2)3/h7-8,16H,5-6H2,1-4H3,(H,17,18)(H,20,21). The highest BCUT2D eigenvalue weighted by Crippen LogP contribution is 2.38. The molecule has 1 rings (SSSR count). The summed E-state index contributed by atoms with van der Waals surface area (Å²) in [4.78, 5) is 35.1. The maximum absolute atomic E-state index is 12.1. The lowest BCUT2D eigenvalue weighted by Crippen LogP contribution is -2.37. The van der Waals surface area contributed by atoms with E-state index in [1.807, 2.05) is 0 Å². The average molecular weight is 311 g/mol. The minimum absolute atomic E-state index is 0.0976. The van der Waals surface area contributed by atoms with Gasteiger partial charge in [-0.3, -0.25) is 4.79 Å². The zero-order valence-corrected chi connectivity index (χ0v) is 13.1. The van der Waals surface area contributed by atoms with E-state index in [0.717, 1.165) is 0 Å². The van der Waals surface area contributed by atoms with Crippen LogP contribution in [-0.4, -0.2) is 40.8 Å². The van der Waals surface area contributed by atoms with Crippen molar-refractivity contribution in [3.8, 4) is 0 Å². The Labute approximate surface area is 128 Å². The zero-order valence-electron chi connectivity index (χ0n) is 13.1. The predicted octanol–water partition coefficient (Wildman–Crippen LogP) is 1.31. The van der Waals surface area contributed by atoms with Gasteiger partial charge in [0, 0.05) is 11.7 Å². The molecule has 0 spiro atoms. The molecule has 7 heteroatoms. The molecular formula is C15H21NO6. The molecule has 1 atom stereocenters. The van der Waals surface area contributed by atoms with Gasteiger partial charge in [0.2, 0.25) is 0 Å². The van der Waals surface area contributed by atoms with Crippen LogP contribution in [0.25, 0.3) is 0 Å². The number of hydrogen-bond acceptors (Lipinski definition) is 5. The Kier molecular flexibility index (Phi) is 5.35. The van der Waals surface area contributed by atoms with Crippen LogP contribution in [0.4, 0.5) is 0 Å². The highest BCUT2D eigenvalue weighted by Gasteiger charge is 2.41. The van der Waals surface area contributed by atoms with Crippen molar-refractivity contribution in [3.05, 3.63) is 22.9 Å². The molecule has 0 fully saturated rings. The van der Waals surface area contributed by atoms with E-state index in [-0.39, 0.29) is 35.9 Å². The first-order valence-corrected chi connectivity index (χ1v) is 6.99. The van der Waals surface area contributed by atoms with Gasteiger partial charge in [-0.25, -0.2) is 9.59 Å². The number of esters is 1. The number of carboxylic acids is 2. The molecule has 0 aromatic carbocycles. The van der Waals surface area contributed by atoms with E-state index < -0.39 is 23.3 Å². The summed E-state index contributed by atoms with van der Waals surface area (Å²) < 4.78 is 4.91. The lowest BCUT2D eigenvalue weighted by molar-refractivity contribution is -0.146. The number of carbonyl (C=O) groups excluding carboxylic acids is 1. The van der Waals surface area contributed by atoms with E-state index in [1.165, 1.54) is 13.0 Å². The number of hydrogen-bond donors (Lipinski definition) is 3. The highest BCUT2D eigenvalue weighted by atomic mass is 16.5. The van der Waals surface area contributed by atoms with Gasteiger partial charge in [-0.2, -0.15) is 0 Å². The summed E-state index contributed by atoms with van der Waals surface area (Å²) in [5.74, 6) is -3.25.